The molecule has 0 bridgehead atoms. The van der Waals surface area contributed by atoms with Crippen LogP contribution in [0.15, 0.2) is 12.4 Å². The van der Waals surface area contributed by atoms with Crippen LogP contribution in [0.4, 0.5) is 4.79 Å². The van der Waals surface area contributed by atoms with Crippen LogP contribution in [0.5, 0.6) is 6.01 Å². The van der Waals surface area contributed by atoms with Crippen molar-refractivity contribution in [1.82, 2.24) is 4.57 Å². The first-order valence-electron chi connectivity index (χ1n) is 7.67. The number of aliphatic carboxylic acids is 2. The lowest BCUT2D eigenvalue weighted by Crippen LogP contribution is -2.46. The van der Waals surface area contributed by atoms with Crippen LogP contribution in [0.3, 0.4) is 0 Å². The van der Waals surface area contributed by atoms with Gasteiger partial charge in [0, 0.05) is 0 Å². The molecule has 0 aliphatic carbocycles. The maximum Gasteiger partial charge on any atom is 0.873 e. The van der Waals surface area contributed by atoms with Crippen LogP contribution >= 0.6 is 0 Å². The van der Waals surface area contributed by atoms with Gasteiger partial charge < -0.3 is 33.6 Å². The smallest absolute Gasteiger partial charge is 0.473 e. The second-order valence-electron chi connectivity index (χ2n) is 5.15. The fourth-order valence-corrected chi connectivity index (χ4v) is 2.08. The molecule has 2 heterocycles. The number of carbonyl (C=O) groups is 5. The van der Waals surface area contributed by atoms with Gasteiger partial charge in [0.25, 0.3) is 0 Å². The third-order valence-electron chi connectivity index (χ3n) is 3.27. The van der Waals surface area contributed by atoms with Crippen LogP contribution in [0, 0.1) is 0 Å². The molecule has 2 rings (SSSR count). The number of aromatic nitrogens is 2. The molecular formula is C13H14BN2O12+. The van der Waals surface area contributed by atoms with Gasteiger partial charge in [-0.15, -0.1) is 0 Å². The summed E-state index contributed by atoms with van der Waals surface area (Å²) in [6.07, 6.45) is 1.48. The average Bonchev–Trinajstić information content (AvgIpc) is 3.21. The van der Waals surface area contributed by atoms with Crippen molar-refractivity contribution >= 4 is 37.4 Å². The first-order chi connectivity index (χ1) is 13.2. The molecule has 0 radical (unpaired) electrons. The van der Waals surface area contributed by atoms with E-state index in [9.17, 15) is 24.0 Å². The maximum absolute atomic E-state index is 11.3. The van der Waals surface area contributed by atoms with Crippen molar-refractivity contribution in [2.75, 3.05) is 6.61 Å². The standard InChI is InChI=1S/C13H13BN2O12/c1-2-15-3-4-16(5-7-6-24-13(23)25-7)12(15)28-14(26-10(21)8(17)18)27-11(22)9(19)20/h3-4,7H,2,5-6H2,1H3,(H-,17,18,19,20)/p+1. The predicted octanol–water partition coefficient (Wildman–Crippen LogP) is -2.05. The monoisotopic (exact) mass is 401 g/mol. The molecule has 1 unspecified atom stereocenters. The Bertz CT molecular complexity index is 777. The highest BCUT2D eigenvalue weighted by atomic mass is 16.8. The van der Waals surface area contributed by atoms with E-state index in [0.29, 0.717) is 6.54 Å². The van der Waals surface area contributed by atoms with Crippen LogP contribution < -0.4 is 9.22 Å². The molecule has 0 aromatic carbocycles. The number of imidazole rings is 1. The molecule has 1 aliphatic heterocycles. The van der Waals surface area contributed by atoms with Gasteiger partial charge in [0.1, 0.15) is 25.5 Å². The highest BCUT2D eigenvalue weighted by Crippen LogP contribution is 2.12. The van der Waals surface area contributed by atoms with Gasteiger partial charge in [-0.25, -0.2) is 24.0 Å². The highest BCUT2D eigenvalue weighted by molar-refractivity contribution is 6.50. The van der Waals surface area contributed by atoms with Gasteiger partial charge >= 0.3 is 43.4 Å². The van der Waals surface area contributed by atoms with Gasteiger partial charge in [0.15, 0.2) is 6.10 Å². The summed E-state index contributed by atoms with van der Waals surface area (Å²) in [5.74, 6) is -7.73. The Morgan fingerprint density at radius 1 is 1.25 bits per heavy atom. The highest BCUT2D eigenvalue weighted by Gasteiger charge is 2.42. The molecule has 14 nitrogen and oxygen atoms in total. The summed E-state index contributed by atoms with van der Waals surface area (Å²) >= 11 is 0. The molecular weight excluding hydrogens is 387 g/mol. The molecule has 28 heavy (non-hydrogen) atoms. The molecule has 1 aromatic heterocycles. The van der Waals surface area contributed by atoms with Crippen molar-refractivity contribution < 1.29 is 62.2 Å². The lowest BCUT2D eigenvalue weighted by atomic mass is 10.2. The minimum absolute atomic E-state index is 0.0283. The molecule has 15 heteroatoms. The van der Waals surface area contributed by atoms with Gasteiger partial charge in [-0.3, -0.25) is 0 Å². The Kier molecular flexibility index (Phi) is 6.41. The lowest BCUT2D eigenvalue weighted by Gasteiger charge is -2.12. The Morgan fingerprint density at radius 2 is 1.86 bits per heavy atom. The second kappa shape index (κ2) is 8.74. The molecule has 1 aromatic rings. The molecule has 1 fully saturated rings. The molecule has 150 valence electrons. The predicted molar refractivity (Wildman–Crippen MR) is 80.4 cm³/mol. The van der Waals surface area contributed by atoms with Crippen LogP contribution in [0.1, 0.15) is 6.92 Å². The van der Waals surface area contributed by atoms with E-state index in [-0.39, 0.29) is 19.2 Å². The summed E-state index contributed by atoms with van der Waals surface area (Å²) in [6.45, 7) is 2.02. The topological polar surface area (TPSA) is 181 Å². The van der Waals surface area contributed by atoms with Gasteiger partial charge in [-0.2, -0.15) is 9.13 Å². The molecule has 0 saturated carbocycles. The van der Waals surface area contributed by atoms with E-state index in [2.05, 4.69) is 14.0 Å². The summed E-state index contributed by atoms with van der Waals surface area (Å²) in [5.41, 5.74) is 0. The van der Waals surface area contributed by atoms with Crippen molar-refractivity contribution in [3.05, 3.63) is 12.4 Å². The Labute approximate surface area is 156 Å². The van der Waals surface area contributed by atoms with Crippen LogP contribution in [-0.4, -0.2) is 64.8 Å². The summed E-state index contributed by atoms with van der Waals surface area (Å²) in [5, 5.41) is 17.2. The fourth-order valence-electron chi connectivity index (χ4n) is 2.08. The van der Waals surface area contributed by atoms with E-state index < -0.39 is 43.5 Å². The molecule has 1 aliphatic rings. The molecule has 1 saturated heterocycles. The number of carboxylic acids is 2. The minimum atomic E-state index is -2.30. The quantitative estimate of drug-likeness (QED) is 0.221. The van der Waals surface area contributed by atoms with Crippen molar-refractivity contribution in [1.29, 1.82) is 0 Å². The van der Waals surface area contributed by atoms with Crippen LogP contribution in [0.25, 0.3) is 0 Å². The number of carboxylic acid groups (broad SMARTS) is 2. The number of hydrogen-bond acceptors (Lipinski definition) is 10. The number of nitrogens with zero attached hydrogens (tertiary/aromatic N) is 2. The van der Waals surface area contributed by atoms with Gasteiger partial charge in [-0.1, -0.05) is 0 Å². The van der Waals surface area contributed by atoms with Crippen molar-refractivity contribution in [3.8, 4) is 6.01 Å². The fraction of sp³-hybridized carbons (Fsp3) is 0.385. The van der Waals surface area contributed by atoms with Gasteiger partial charge in [-0.05, 0) is 6.92 Å². The number of ether oxygens (including phenoxy) is 2. The Balaban J connectivity index is 2.22. The third kappa shape index (κ3) is 5.12. The van der Waals surface area contributed by atoms with E-state index in [1.807, 2.05) is 0 Å². The normalized spacial score (nSPS) is 15.2. The number of carbonyl (C=O) groups excluding carboxylic acids is 3. The van der Waals surface area contributed by atoms with Crippen molar-refractivity contribution in [2.24, 2.45) is 0 Å². The molecule has 0 amide bonds. The summed E-state index contributed by atoms with van der Waals surface area (Å²) in [4.78, 5) is 54.8. The van der Waals surface area contributed by atoms with Crippen LogP contribution in [-0.2, 0) is 51.1 Å². The number of aryl methyl sites for hydroxylation is 1. The average molecular weight is 401 g/mol. The zero-order valence-corrected chi connectivity index (χ0v) is 14.3. The third-order valence-corrected chi connectivity index (χ3v) is 3.27. The van der Waals surface area contributed by atoms with E-state index in [1.54, 1.807) is 6.92 Å². The van der Waals surface area contributed by atoms with E-state index in [0.717, 1.165) is 0 Å². The minimum Gasteiger partial charge on any atom is -0.473 e. The largest absolute Gasteiger partial charge is 0.873 e. The molecule has 2 N–H and O–H groups in total. The SMILES string of the molecule is CCn1cc[n+](CC2COC(=O)O2)c1OB(OC(=O)C(=O)O)OC(=O)C(=O)O. The maximum atomic E-state index is 11.3. The number of rotatable bonds is 7. The first-order valence-corrected chi connectivity index (χ1v) is 7.67. The van der Waals surface area contributed by atoms with Gasteiger partial charge in [0.05, 0.1) is 6.54 Å². The Morgan fingerprint density at radius 3 is 2.32 bits per heavy atom. The lowest BCUT2D eigenvalue weighted by molar-refractivity contribution is -0.705. The van der Waals surface area contributed by atoms with Crippen molar-refractivity contribution in [2.45, 2.75) is 26.1 Å². The first kappa shape index (κ1) is 20.5. The molecule has 1 atom stereocenters. The van der Waals surface area contributed by atoms with E-state index in [1.165, 1.54) is 21.5 Å². The summed E-state index contributed by atoms with van der Waals surface area (Å²) < 4.78 is 26.3. The van der Waals surface area contributed by atoms with E-state index in [4.69, 9.17) is 19.6 Å². The zero-order chi connectivity index (χ0) is 20.8. The number of cyclic esters (lactones) is 2. The number of hydrogen-bond donors (Lipinski definition) is 2. The van der Waals surface area contributed by atoms with Gasteiger partial charge in [0.2, 0.25) is 0 Å². The second-order valence-corrected chi connectivity index (χ2v) is 5.15. The zero-order valence-electron chi connectivity index (χ0n) is 14.3. The van der Waals surface area contributed by atoms with Crippen molar-refractivity contribution in [3.63, 3.8) is 0 Å². The Hall–Kier alpha value is -3.78. The summed E-state index contributed by atoms with van der Waals surface area (Å²) in [7, 11) is -2.30. The van der Waals surface area contributed by atoms with Crippen LogP contribution in [0.2, 0.25) is 0 Å². The molecule has 0 spiro atoms. The van der Waals surface area contributed by atoms with E-state index >= 15 is 0 Å². The summed E-state index contributed by atoms with van der Waals surface area (Å²) in [6, 6.07) is -0.105.